The van der Waals surface area contributed by atoms with Crippen molar-refractivity contribution in [2.24, 2.45) is 0 Å². The number of carbonyl (C=O) groups is 1. The molecule has 1 amide bonds. The van der Waals surface area contributed by atoms with Crippen molar-refractivity contribution in [2.75, 3.05) is 12.4 Å². The van der Waals surface area contributed by atoms with Gasteiger partial charge >= 0.3 is 0 Å². The molecule has 26 heavy (non-hydrogen) atoms. The van der Waals surface area contributed by atoms with E-state index in [-0.39, 0.29) is 0 Å². The van der Waals surface area contributed by atoms with Gasteiger partial charge in [0.2, 0.25) is 5.60 Å². The first-order valence-electron chi connectivity index (χ1n) is 7.83. The van der Waals surface area contributed by atoms with Crippen LogP contribution in [0.5, 0.6) is 5.75 Å². The maximum Gasteiger partial charge on any atom is 0.286 e. The molecule has 128 valence electrons. The quantitative estimate of drug-likeness (QED) is 0.894. The molecule has 1 N–H and O–H groups in total. The molecular formula is C19H13N3O4. The predicted octanol–water partition coefficient (Wildman–Crippen LogP) is 2.37. The van der Waals surface area contributed by atoms with Crippen molar-refractivity contribution in [3.8, 4) is 17.9 Å². The number of ether oxygens (including phenoxy) is 3. The van der Waals surface area contributed by atoms with E-state index in [1.54, 1.807) is 55.6 Å². The fourth-order valence-electron chi connectivity index (χ4n) is 3.34. The van der Waals surface area contributed by atoms with Crippen LogP contribution in [-0.2, 0) is 19.9 Å². The number of rotatable bonds is 2. The minimum absolute atomic E-state index is 0.407. The molecule has 1 spiro atoms. The molecule has 0 unspecified atom stereocenters. The molecule has 0 radical (unpaired) electrons. The van der Waals surface area contributed by atoms with Gasteiger partial charge < -0.3 is 19.5 Å². The van der Waals surface area contributed by atoms with Gasteiger partial charge in [-0.25, -0.2) is 0 Å². The van der Waals surface area contributed by atoms with Crippen LogP contribution in [-0.4, -0.2) is 18.6 Å². The second-order valence-corrected chi connectivity index (χ2v) is 5.93. The van der Waals surface area contributed by atoms with Crippen LogP contribution in [0.25, 0.3) is 0 Å². The van der Waals surface area contributed by atoms with E-state index in [1.165, 1.54) is 0 Å². The third kappa shape index (κ3) is 1.90. The SMILES string of the molecule is COc1ccc([C@@H]2OC(C#N)(C#N)[C@@]3(O2)C(=O)Nc2ccccc23)cc1. The van der Waals surface area contributed by atoms with Gasteiger partial charge in [0.1, 0.15) is 17.9 Å². The number of para-hydroxylation sites is 1. The van der Waals surface area contributed by atoms with Gasteiger partial charge in [-0.2, -0.15) is 10.5 Å². The number of nitrogens with one attached hydrogen (secondary N) is 1. The highest BCUT2D eigenvalue weighted by Crippen LogP contribution is 2.55. The summed E-state index contributed by atoms with van der Waals surface area (Å²) in [5, 5.41) is 22.2. The van der Waals surface area contributed by atoms with Crippen molar-refractivity contribution in [1.29, 1.82) is 10.5 Å². The second kappa shape index (κ2) is 5.57. The summed E-state index contributed by atoms with van der Waals surface area (Å²) in [6, 6.07) is 17.3. The average molecular weight is 347 g/mol. The van der Waals surface area contributed by atoms with E-state index >= 15 is 0 Å². The first-order chi connectivity index (χ1) is 12.6. The third-order valence-electron chi connectivity index (χ3n) is 4.64. The van der Waals surface area contributed by atoms with Gasteiger partial charge in [0.25, 0.3) is 11.5 Å². The van der Waals surface area contributed by atoms with Crippen LogP contribution in [0.15, 0.2) is 48.5 Å². The molecule has 4 rings (SSSR count). The first kappa shape index (κ1) is 16.1. The largest absolute Gasteiger partial charge is 0.497 e. The van der Waals surface area contributed by atoms with Crippen molar-refractivity contribution in [3.05, 3.63) is 59.7 Å². The summed E-state index contributed by atoms with van der Waals surface area (Å²) in [5.41, 5.74) is -2.52. The monoisotopic (exact) mass is 347 g/mol. The van der Waals surface area contributed by atoms with Crippen LogP contribution in [0.2, 0.25) is 0 Å². The molecule has 0 saturated carbocycles. The number of hydrogen-bond acceptors (Lipinski definition) is 6. The number of nitrogens with zero attached hydrogens (tertiary/aromatic N) is 2. The van der Waals surface area contributed by atoms with Crippen LogP contribution < -0.4 is 10.1 Å². The number of hydrogen-bond donors (Lipinski definition) is 1. The number of benzene rings is 2. The molecule has 1 saturated heterocycles. The second-order valence-electron chi connectivity index (χ2n) is 5.93. The number of methoxy groups -OCH3 is 1. The summed E-state index contributed by atoms with van der Waals surface area (Å²) in [7, 11) is 1.54. The molecule has 2 aromatic carbocycles. The molecule has 0 aromatic heterocycles. The Morgan fingerprint density at radius 3 is 2.42 bits per heavy atom. The minimum atomic E-state index is -2.12. The normalized spacial score (nSPS) is 25.2. The molecule has 7 nitrogen and oxygen atoms in total. The van der Waals surface area contributed by atoms with Crippen LogP contribution in [0.3, 0.4) is 0 Å². The fourth-order valence-corrected chi connectivity index (χ4v) is 3.34. The minimum Gasteiger partial charge on any atom is -0.497 e. The number of fused-ring (bicyclic) bond motifs is 2. The lowest BCUT2D eigenvalue weighted by Crippen LogP contribution is -2.52. The van der Waals surface area contributed by atoms with Crippen LogP contribution in [0, 0.1) is 22.7 Å². The third-order valence-corrected chi connectivity index (χ3v) is 4.64. The van der Waals surface area contributed by atoms with Gasteiger partial charge in [-0.15, -0.1) is 0 Å². The Kier molecular flexibility index (Phi) is 3.45. The summed E-state index contributed by atoms with van der Waals surface area (Å²) < 4.78 is 16.8. The summed E-state index contributed by atoms with van der Waals surface area (Å²) in [6.45, 7) is 0. The van der Waals surface area contributed by atoms with Gasteiger partial charge in [0.15, 0.2) is 6.29 Å². The standard InChI is InChI=1S/C19H13N3O4/c1-24-13-8-6-12(7-9-13)16-25-18(10-20,11-21)19(26-16)14-4-2-3-5-15(14)22-17(19)23/h2-9,16H,1H3,(H,22,23)/t16-,19+/m1/s1. The smallest absolute Gasteiger partial charge is 0.286 e. The zero-order chi connectivity index (χ0) is 18.4. The lowest BCUT2D eigenvalue weighted by atomic mass is 9.80. The van der Waals surface area contributed by atoms with E-state index in [0.29, 0.717) is 22.6 Å². The number of nitriles is 2. The van der Waals surface area contributed by atoms with Gasteiger partial charge in [0, 0.05) is 16.8 Å². The molecule has 0 aliphatic carbocycles. The lowest BCUT2D eigenvalue weighted by Gasteiger charge is -2.27. The Hall–Kier alpha value is -3.39. The first-order valence-corrected chi connectivity index (χ1v) is 7.83. The Labute approximate surface area is 149 Å². The van der Waals surface area contributed by atoms with Crippen molar-refractivity contribution < 1.29 is 19.0 Å². The zero-order valence-corrected chi connectivity index (χ0v) is 13.7. The molecule has 0 bridgehead atoms. The molecule has 2 aliphatic heterocycles. The maximum absolute atomic E-state index is 12.8. The van der Waals surface area contributed by atoms with Gasteiger partial charge in [-0.05, 0) is 18.2 Å². The Balaban J connectivity index is 1.85. The van der Waals surface area contributed by atoms with Crippen LogP contribution in [0.1, 0.15) is 17.4 Å². The highest BCUT2D eigenvalue weighted by Gasteiger charge is 2.71. The van der Waals surface area contributed by atoms with Crippen molar-refractivity contribution in [1.82, 2.24) is 0 Å². The fraction of sp³-hybridized carbons (Fsp3) is 0.211. The number of anilines is 1. The van der Waals surface area contributed by atoms with E-state index in [1.807, 2.05) is 12.1 Å². The van der Waals surface area contributed by atoms with Gasteiger partial charge in [-0.3, -0.25) is 4.79 Å². The molecular weight excluding hydrogens is 334 g/mol. The van der Waals surface area contributed by atoms with E-state index < -0.39 is 23.4 Å². The van der Waals surface area contributed by atoms with E-state index in [2.05, 4.69) is 5.32 Å². The van der Waals surface area contributed by atoms with E-state index in [4.69, 9.17) is 14.2 Å². The summed E-state index contributed by atoms with van der Waals surface area (Å²) in [6.07, 6.45) is -1.06. The Morgan fingerprint density at radius 2 is 1.77 bits per heavy atom. The Bertz CT molecular complexity index is 960. The summed E-state index contributed by atoms with van der Waals surface area (Å²) in [5.74, 6) is 0.0371. The van der Waals surface area contributed by atoms with Crippen molar-refractivity contribution >= 4 is 11.6 Å². The highest BCUT2D eigenvalue weighted by molar-refractivity contribution is 6.07. The Morgan fingerprint density at radius 1 is 1.08 bits per heavy atom. The average Bonchev–Trinajstić information content (AvgIpc) is 3.19. The number of carbonyl (C=O) groups excluding carboxylic acids is 1. The van der Waals surface area contributed by atoms with Crippen LogP contribution in [0.4, 0.5) is 5.69 Å². The molecule has 7 heteroatoms. The van der Waals surface area contributed by atoms with Crippen LogP contribution >= 0.6 is 0 Å². The molecule has 2 aliphatic rings. The molecule has 1 fully saturated rings. The van der Waals surface area contributed by atoms with Crippen molar-refractivity contribution in [2.45, 2.75) is 17.5 Å². The highest BCUT2D eigenvalue weighted by atomic mass is 16.8. The predicted molar refractivity (Wildman–Crippen MR) is 88.6 cm³/mol. The molecule has 2 heterocycles. The zero-order valence-electron chi connectivity index (χ0n) is 13.7. The topological polar surface area (TPSA) is 104 Å². The van der Waals surface area contributed by atoms with E-state index in [9.17, 15) is 15.3 Å². The maximum atomic E-state index is 12.8. The van der Waals surface area contributed by atoms with Gasteiger partial charge in [0.05, 0.1) is 7.11 Å². The van der Waals surface area contributed by atoms with Gasteiger partial charge in [-0.1, -0.05) is 30.3 Å². The number of amides is 1. The molecule has 2 atom stereocenters. The van der Waals surface area contributed by atoms with E-state index in [0.717, 1.165) is 0 Å². The lowest BCUT2D eigenvalue weighted by molar-refractivity contribution is -0.143. The van der Waals surface area contributed by atoms with Crippen molar-refractivity contribution in [3.63, 3.8) is 0 Å². The summed E-state index contributed by atoms with van der Waals surface area (Å²) in [4.78, 5) is 12.8. The summed E-state index contributed by atoms with van der Waals surface area (Å²) >= 11 is 0. The molecule has 2 aromatic rings.